The van der Waals surface area contributed by atoms with E-state index in [-0.39, 0.29) is 5.84 Å². The largest absolute Gasteiger partial charge is 0.457 e. The van der Waals surface area contributed by atoms with Crippen molar-refractivity contribution in [2.45, 2.75) is 11.8 Å². The summed E-state index contributed by atoms with van der Waals surface area (Å²) in [6, 6.07) is 13.5. The van der Waals surface area contributed by atoms with Gasteiger partial charge < -0.3 is 10.5 Å². The van der Waals surface area contributed by atoms with Gasteiger partial charge in [-0.3, -0.25) is 5.41 Å². The summed E-state index contributed by atoms with van der Waals surface area (Å²) in [5.41, 5.74) is 7.44. The Morgan fingerprint density at radius 1 is 1.21 bits per heavy atom. The van der Waals surface area contributed by atoms with E-state index in [1.54, 1.807) is 11.8 Å². The molecule has 2 rings (SSSR count). The molecule has 0 aromatic heterocycles. The third kappa shape index (κ3) is 3.09. The first kappa shape index (κ1) is 13.5. The van der Waals surface area contributed by atoms with Crippen molar-refractivity contribution in [2.24, 2.45) is 5.73 Å². The molecule has 0 fully saturated rings. The number of rotatable bonds is 4. The maximum atomic E-state index is 7.71. The van der Waals surface area contributed by atoms with Crippen LogP contribution in [0.2, 0.25) is 0 Å². The molecule has 0 atom stereocenters. The Hall–Kier alpha value is -1.94. The van der Waals surface area contributed by atoms with Crippen LogP contribution in [-0.2, 0) is 0 Å². The molecule has 0 spiro atoms. The lowest BCUT2D eigenvalue weighted by molar-refractivity contribution is 0.479. The van der Waals surface area contributed by atoms with Crippen LogP contribution < -0.4 is 10.5 Å². The summed E-state index contributed by atoms with van der Waals surface area (Å²) in [4.78, 5) is 0.942. The first-order valence-corrected chi connectivity index (χ1v) is 7.10. The second-order valence-electron chi connectivity index (χ2n) is 4.17. The van der Waals surface area contributed by atoms with Gasteiger partial charge in [0.15, 0.2) is 0 Å². The maximum Gasteiger partial charge on any atom is 0.139 e. The van der Waals surface area contributed by atoms with Crippen LogP contribution in [0.25, 0.3) is 0 Å². The van der Waals surface area contributed by atoms with E-state index in [0.717, 1.165) is 16.2 Å². The van der Waals surface area contributed by atoms with Crippen LogP contribution in [0.3, 0.4) is 0 Å². The zero-order chi connectivity index (χ0) is 13.8. The Kier molecular flexibility index (Phi) is 4.12. The average Bonchev–Trinajstić information content (AvgIpc) is 2.38. The van der Waals surface area contributed by atoms with E-state index in [1.165, 1.54) is 0 Å². The van der Waals surface area contributed by atoms with Crippen molar-refractivity contribution in [2.75, 3.05) is 6.26 Å². The Morgan fingerprint density at radius 3 is 2.58 bits per heavy atom. The predicted octanol–water partition coefficient (Wildman–Crippen LogP) is 3.79. The fourth-order valence-corrected chi connectivity index (χ4v) is 2.47. The number of aryl methyl sites for hydroxylation is 1. The van der Waals surface area contributed by atoms with Crippen LogP contribution in [0.15, 0.2) is 47.4 Å². The highest BCUT2D eigenvalue weighted by atomic mass is 32.2. The van der Waals surface area contributed by atoms with E-state index >= 15 is 0 Å². The van der Waals surface area contributed by atoms with Crippen LogP contribution in [0.5, 0.6) is 11.5 Å². The van der Waals surface area contributed by atoms with Gasteiger partial charge in [-0.1, -0.05) is 18.2 Å². The summed E-state index contributed by atoms with van der Waals surface area (Å²) < 4.78 is 5.86. The van der Waals surface area contributed by atoms with Crippen LogP contribution >= 0.6 is 11.8 Å². The van der Waals surface area contributed by atoms with Crippen LogP contribution in [0.4, 0.5) is 0 Å². The summed E-state index contributed by atoms with van der Waals surface area (Å²) in [6.07, 6.45) is 1.96. The number of nitrogens with two attached hydrogens (primary N) is 1. The molecule has 3 nitrogen and oxygen atoms in total. The zero-order valence-corrected chi connectivity index (χ0v) is 11.8. The van der Waals surface area contributed by atoms with Crippen LogP contribution in [0, 0.1) is 12.3 Å². The van der Waals surface area contributed by atoms with Crippen molar-refractivity contribution in [3.05, 3.63) is 53.6 Å². The summed E-state index contributed by atoms with van der Waals surface area (Å²) in [5.74, 6) is 1.39. The molecule has 0 aliphatic rings. The monoisotopic (exact) mass is 272 g/mol. The summed E-state index contributed by atoms with van der Waals surface area (Å²) in [6.45, 7) is 2.01. The SMILES string of the molecule is CSc1cccc(Oc2cccc(C)c2)c1C(=N)N. The number of hydrogen-bond donors (Lipinski definition) is 2. The van der Waals surface area contributed by atoms with Crippen molar-refractivity contribution in [3.8, 4) is 11.5 Å². The van der Waals surface area contributed by atoms with E-state index in [0.29, 0.717) is 11.3 Å². The lowest BCUT2D eigenvalue weighted by Crippen LogP contribution is -2.13. The molecule has 3 N–H and O–H groups in total. The Labute approximate surface area is 117 Å². The van der Waals surface area contributed by atoms with Gasteiger partial charge in [-0.15, -0.1) is 11.8 Å². The van der Waals surface area contributed by atoms with Gasteiger partial charge in [-0.2, -0.15) is 0 Å². The molecule has 2 aromatic rings. The van der Waals surface area contributed by atoms with Crippen molar-refractivity contribution in [3.63, 3.8) is 0 Å². The van der Waals surface area contributed by atoms with E-state index in [9.17, 15) is 0 Å². The molecule has 0 saturated carbocycles. The second-order valence-corrected chi connectivity index (χ2v) is 5.01. The Balaban J connectivity index is 2.42. The number of hydrogen-bond acceptors (Lipinski definition) is 3. The van der Waals surface area contributed by atoms with E-state index in [4.69, 9.17) is 15.9 Å². The first-order valence-electron chi connectivity index (χ1n) is 5.87. The number of nitrogens with one attached hydrogen (secondary N) is 1. The molecule has 19 heavy (non-hydrogen) atoms. The topological polar surface area (TPSA) is 59.1 Å². The van der Waals surface area contributed by atoms with Gasteiger partial charge >= 0.3 is 0 Å². The van der Waals surface area contributed by atoms with E-state index < -0.39 is 0 Å². The highest BCUT2D eigenvalue weighted by Crippen LogP contribution is 2.31. The van der Waals surface area contributed by atoms with Gasteiger partial charge in [0.1, 0.15) is 17.3 Å². The number of benzene rings is 2. The van der Waals surface area contributed by atoms with E-state index in [1.807, 2.05) is 55.6 Å². The van der Waals surface area contributed by atoms with Crippen molar-refractivity contribution in [1.29, 1.82) is 5.41 Å². The van der Waals surface area contributed by atoms with Crippen LogP contribution in [0.1, 0.15) is 11.1 Å². The number of thioether (sulfide) groups is 1. The van der Waals surface area contributed by atoms with Gasteiger partial charge in [-0.25, -0.2) is 0 Å². The highest BCUT2D eigenvalue weighted by molar-refractivity contribution is 7.98. The normalized spacial score (nSPS) is 10.2. The average molecular weight is 272 g/mol. The molecule has 0 radical (unpaired) electrons. The van der Waals surface area contributed by atoms with E-state index in [2.05, 4.69) is 0 Å². The maximum absolute atomic E-state index is 7.71. The lowest BCUT2D eigenvalue weighted by atomic mass is 10.2. The molecule has 0 amide bonds. The molecule has 4 heteroatoms. The highest BCUT2D eigenvalue weighted by Gasteiger charge is 2.12. The third-order valence-electron chi connectivity index (χ3n) is 2.69. The third-order valence-corrected chi connectivity index (χ3v) is 3.47. The number of amidine groups is 1. The summed E-state index contributed by atoms with van der Waals surface area (Å²) in [7, 11) is 0. The first-order chi connectivity index (χ1) is 9.11. The van der Waals surface area contributed by atoms with Gasteiger partial charge in [0.25, 0.3) is 0 Å². The molecule has 0 aliphatic carbocycles. The zero-order valence-electron chi connectivity index (χ0n) is 10.9. The smallest absolute Gasteiger partial charge is 0.139 e. The quantitative estimate of drug-likeness (QED) is 0.505. The minimum atomic E-state index is 0.0209. The Bertz CT molecular complexity index is 611. The predicted molar refractivity (Wildman–Crippen MR) is 80.5 cm³/mol. The minimum absolute atomic E-state index is 0.0209. The summed E-state index contributed by atoms with van der Waals surface area (Å²) >= 11 is 1.55. The van der Waals surface area contributed by atoms with Crippen molar-refractivity contribution >= 4 is 17.6 Å². The van der Waals surface area contributed by atoms with Crippen LogP contribution in [-0.4, -0.2) is 12.1 Å². The molecular formula is C15H16N2OS. The molecule has 0 aliphatic heterocycles. The lowest BCUT2D eigenvalue weighted by Gasteiger charge is -2.13. The Morgan fingerprint density at radius 2 is 1.95 bits per heavy atom. The minimum Gasteiger partial charge on any atom is -0.457 e. The molecule has 0 unspecified atom stereocenters. The number of ether oxygens (including phenoxy) is 1. The molecule has 0 heterocycles. The van der Waals surface area contributed by atoms with Crippen molar-refractivity contribution < 1.29 is 4.74 Å². The standard InChI is InChI=1S/C15H16N2OS/c1-10-5-3-6-11(9-10)18-12-7-4-8-13(19-2)14(12)15(16)17/h3-9H,1-2H3,(H3,16,17). The van der Waals surface area contributed by atoms with Gasteiger partial charge in [-0.05, 0) is 43.0 Å². The molecule has 0 saturated heterocycles. The molecule has 98 valence electrons. The summed E-state index contributed by atoms with van der Waals surface area (Å²) in [5, 5.41) is 7.71. The second kappa shape index (κ2) is 5.80. The molecule has 0 bridgehead atoms. The molecule has 2 aromatic carbocycles. The van der Waals surface area contributed by atoms with Crippen molar-refractivity contribution in [1.82, 2.24) is 0 Å². The number of nitrogen functional groups attached to an aromatic ring is 1. The van der Waals surface area contributed by atoms with Gasteiger partial charge in [0.2, 0.25) is 0 Å². The molecular weight excluding hydrogens is 256 g/mol. The van der Waals surface area contributed by atoms with Gasteiger partial charge in [0, 0.05) is 4.90 Å². The van der Waals surface area contributed by atoms with Gasteiger partial charge in [0.05, 0.1) is 5.56 Å². The fraction of sp³-hybridized carbons (Fsp3) is 0.133. The fourth-order valence-electron chi connectivity index (χ4n) is 1.84.